The van der Waals surface area contributed by atoms with E-state index in [2.05, 4.69) is 5.10 Å². The van der Waals surface area contributed by atoms with Gasteiger partial charge in [0, 0.05) is 5.02 Å². The molecule has 0 radical (unpaired) electrons. The number of rotatable bonds is 6. The van der Waals surface area contributed by atoms with Gasteiger partial charge in [-0.15, -0.1) is 0 Å². The number of para-hydroxylation sites is 1. The van der Waals surface area contributed by atoms with Gasteiger partial charge in [0.2, 0.25) is 0 Å². The van der Waals surface area contributed by atoms with Crippen LogP contribution in [-0.4, -0.2) is 18.7 Å². The fourth-order valence-electron chi connectivity index (χ4n) is 3.23. The predicted molar refractivity (Wildman–Crippen MR) is 124 cm³/mol. The van der Waals surface area contributed by atoms with Gasteiger partial charge in [0.05, 0.1) is 24.1 Å². The molecule has 1 heterocycles. The van der Waals surface area contributed by atoms with Crippen LogP contribution >= 0.6 is 11.6 Å². The summed E-state index contributed by atoms with van der Waals surface area (Å²) in [5.74, 6) is 1.04. The van der Waals surface area contributed by atoms with Crippen LogP contribution in [0.1, 0.15) is 18.1 Å². The van der Waals surface area contributed by atoms with Crippen LogP contribution in [0.4, 0.5) is 5.69 Å². The van der Waals surface area contributed by atoms with Gasteiger partial charge in [0.25, 0.3) is 5.91 Å². The summed E-state index contributed by atoms with van der Waals surface area (Å²) in [5, 5.41) is 6.52. The maximum absolute atomic E-state index is 12.9. The van der Waals surface area contributed by atoms with Gasteiger partial charge in [0.15, 0.2) is 11.5 Å². The minimum Gasteiger partial charge on any atom is -0.493 e. The molecule has 31 heavy (non-hydrogen) atoms. The number of anilines is 1. The topological polar surface area (TPSA) is 51.1 Å². The molecule has 0 aromatic heterocycles. The zero-order valence-electron chi connectivity index (χ0n) is 17.2. The SMILES string of the molecule is COc1cc(/C=C2/C(=O)N(c3ccccc3)N=C2C)ccc1OCc1ccc(Cl)cc1. The number of halogens is 1. The Morgan fingerprint density at radius 1 is 1.00 bits per heavy atom. The van der Waals surface area contributed by atoms with Crippen molar-refractivity contribution in [3.8, 4) is 11.5 Å². The monoisotopic (exact) mass is 432 g/mol. The highest BCUT2D eigenvalue weighted by atomic mass is 35.5. The van der Waals surface area contributed by atoms with Crippen molar-refractivity contribution in [1.29, 1.82) is 0 Å². The Balaban J connectivity index is 1.53. The molecule has 5 nitrogen and oxygen atoms in total. The van der Waals surface area contributed by atoms with Crippen molar-refractivity contribution < 1.29 is 14.3 Å². The largest absolute Gasteiger partial charge is 0.493 e. The molecule has 4 rings (SSSR count). The number of hydrogen-bond acceptors (Lipinski definition) is 4. The summed E-state index contributed by atoms with van der Waals surface area (Å²) >= 11 is 5.93. The molecule has 156 valence electrons. The number of hydrogen-bond donors (Lipinski definition) is 0. The molecular formula is C25H21ClN2O3. The Morgan fingerprint density at radius 3 is 2.45 bits per heavy atom. The van der Waals surface area contributed by atoms with E-state index in [1.165, 1.54) is 5.01 Å². The molecule has 0 fully saturated rings. The molecular weight excluding hydrogens is 412 g/mol. The summed E-state index contributed by atoms with van der Waals surface area (Å²) in [7, 11) is 1.59. The number of carbonyl (C=O) groups is 1. The van der Waals surface area contributed by atoms with Crippen LogP contribution in [0.25, 0.3) is 6.08 Å². The number of benzene rings is 3. The van der Waals surface area contributed by atoms with Crippen molar-refractivity contribution in [1.82, 2.24) is 0 Å². The molecule has 1 aliphatic rings. The van der Waals surface area contributed by atoms with Crippen LogP contribution in [0.2, 0.25) is 5.02 Å². The second kappa shape index (κ2) is 9.06. The van der Waals surface area contributed by atoms with Crippen LogP contribution in [0.3, 0.4) is 0 Å². The third-order valence-corrected chi connectivity index (χ3v) is 5.12. The summed E-state index contributed by atoms with van der Waals surface area (Å²) in [6, 6.07) is 22.4. The van der Waals surface area contributed by atoms with Gasteiger partial charge in [-0.3, -0.25) is 4.79 Å². The van der Waals surface area contributed by atoms with Gasteiger partial charge in [-0.25, -0.2) is 0 Å². The fraction of sp³-hybridized carbons (Fsp3) is 0.120. The first-order valence-electron chi connectivity index (χ1n) is 9.77. The average molecular weight is 433 g/mol. The summed E-state index contributed by atoms with van der Waals surface area (Å²) in [4.78, 5) is 12.9. The van der Waals surface area contributed by atoms with Gasteiger partial charge in [-0.1, -0.05) is 48.0 Å². The zero-order valence-corrected chi connectivity index (χ0v) is 18.0. The summed E-state index contributed by atoms with van der Waals surface area (Å²) < 4.78 is 11.4. The Bertz CT molecular complexity index is 1160. The van der Waals surface area contributed by atoms with E-state index in [0.29, 0.717) is 34.4 Å². The van der Waals surface area contributed by atoms with Crippen molar-refractivity contribution in [2.45, 2.75) is 13.5 Å². The van der Waals surface area contributed by atoms with E-state index in [1.54, 1.807) is 7.11 Å². The van der Waals surface area contributed by atoms with Gasteiger partial charge < -0.3 is 9.47 Å². The molecule has 0 N–H and O–H groups in total. The molecule has 0 bridgehead atoms. The maximum atomic E-state index is 12.9. The van der Waals surface area contributed by atoms with E-state index in [9.17, 15) is 4.79 Å². The number of ether oxygens (including phenoxy) is 2. The highest BCUT2D eigenvalue weighted by Crippen LogP contribution is 2.31. The number of carbonyl (C=O) groups excluding carboxylic acids is 1. The van der Waals surface area contributed by atoms with Crippen molar-refractivity contribution in [3.63, 3.8) is 0 Å². The fourth-order valence-corrected chi connectivity index (χ4v) is 3.36. The van der Waals surface area contributed by atoms with E-state index in [4.69, 9.17) is 21.1 Å². The van der Waals surface area contributed by atoms with Gasteiger partial charge in [-0.2, -0.15) is 10.1 Å². The van der Waals surface area contributed by atoms with E-state index >= 15 is 0 Å². The number of methoxy groups -OCH3 is 1. The summed E-state index contributed by atoms with van der Waals surface area (Å²) in [6.45, 7) is 2.22. The lowest BCUT2D eigenvalue weighted by Gasteiger charge is -2.12. The molecule has 3 aromatic rings. The van der Waals surface area contributed by atoms with E-state index < -0.39 is 0 Å². The quantitative estimate of drug-likeness (QED) is 0.467. The van der Waals surface area contributed by atoms with Gasteiger partial charge in [0.1, 0.15) is 6.61 Å². The average Bonchev–Trinajstić information content (AvgIpc) is 3.08. The van der Waals surface area contributed by atoms with Gasteiger partial charge in [-0.05, 0) is 60.5 Å². The lowest BCUT2D eigenvalue weighted by atomic mass is 10.1. The Morgan fingerprint density at radius 2 is 1.74 bits per heavy atom. The smallest absolute Gasteiger partial charge is 0.280 e. The van der Waals surface area contributed by atoms with E-state index in [-0.39, 0.29) is 5.91 Å². The Kier molecular flexibility index (Phi) is 6.05. The molecule has 6 heteroatoms. The van der Waals surface area contributed by atoms with Crippen LogP contribution in [0, 0.1) is 0 Å². The number of nitrogens with zero attached hydrogens (tertiary/aromatic N) is 2. The number of amides is 1. The minimum absolute atomic E-state index is 0.161. The molecule has 3 aromatic carbocycles. The van der Waals surface area contributed by atoms with Crippen molar-refractivity contribution >= 4 is 35.0 Å². The summed E-state index contributed by atoms with van der Waals surface area (Å²) in [5.41, 5.74) is 3.76. The van der Waals surface area contributed by atoms with Crippen molar-refractivity contribution in [3.05, 3.63) is 94.5 Å². The third kappa shape index (κ3) is 4.62. The summed E-state index contributed by atoms with van der Waals surface area (Å²) in [6.07, 6.45) is 1.82. The number of hydrazone groups is 1. The normalized spacial score (nSPS) is 14.7. The van der Waals surface area contributed by atoms with Crippen molar-refractivity contribution in [2.75, 3.05) is 12.1 Å². The molecule has 0 saturated heterocycles. The molecule has 0 saturated carbocycles. The maximum Gasteiger partial charge on any atom is 0.280 e. The lowest BCUT2D eigenvalue weighted by Crippen LogP contribution is -2.21. The van der Waals surface area contributed by atoms with Crippen molar-refractivity contribution in [2.24, 2.45) is 5.10 Å². The molecule has 0 unspecified atom stereocenters. The molecule has 0 atom stereocenters. The first-order chi connectivity index (χ1) is 15.0. The minimum atomic E-state index is -0.161. The first-order valence-corrected chi connectivity index (χ1v) is 10.1. The predicted octanol–water partition coefficient (Wildman–Crippen LogP) is 5.73. The zero-order chi connectivity index (χ0) is 21.8. The Labute approximate surface area is 186 Å². The standard InChI is InChI=1S/C25H21ClN2O3/c1-17-22(25(29)28(27-17)21-6-4-3-5-7-21)14-19-10-13-23(24(15-19)30-2)31-16-18-8-11-20(26)12-9-18/h3-15H,16H2,1-2H3/b22-14+. The lowest BCUT2D eigenvalue weighted by molar-refractivity contribution is -0.114. The third-order valence-electron chi connectivity index (χ3n) is 4.87. The van der Waals surface area contributed by atoms with Crippen LogP contribution in [0.15, 0.2) is 83.5 Å². The Hall–Kier alpha value is -3.57. The molecule has 0 spiro atoms. The van der Waals surface area contributed by atoms with Crippen LogP contribution < -0.4 is 14.5 Å². The highest BCUT2D eigenvalue weighted by Gasteiger charge is 2.28. The van der Waals surface area contributed by atoms with E-state index in [1.807, 2.05) is 85.8 Å². The molecule has 0 aliphatic carbocycles. The van der Waals surface area contributed by atoms with E-state index in [0.717, 1.165) is 16.8 Å². The highest BCUT2D eigenvalue weighted by molar-refractivity contribution is 6.32. The van der Waals surface area contributed by atoms with Gasteiger partial charge >= 0.3 is 0 Å². The second-order valence-electron chi connectivity index (χ2n) is 7.02. The molecule has 1 aliphatic heterocycles. The first kappa shape index (κ1) is 20.7. The van der Waals surface area contributed by atoms with Crippen LogP contribution in [0.5, 0.6) is 11.5 Å². The second-order valence-corrected chi connectivity index (χ2v) is 7.46. The van der Waals surface area contributed by atoms with Crippen LogP contribution in [-0.2, 0) is 11.4 Å². The molecule has 1 amide bonds.